The van der Waals surface area contributed by atoms with Crippen LogP contribution in [0.1, 0.15) is 31.8 Å². The Kier molecular flexibility index (Phi) is 10.8. The van der Waals surface area contributed by atoms with E-state index in [0.717, 1.165) is 43.6 Å². The Morgan fingerprint density at radius 3 is 2.87 bits per heavy atom. The van der Waals surface area contributed by atoms with Crippen LogP contribution in [0.2, 0.25) is 0 Å². The molecule has 2 atom stereocenters. The molecule has 1 fully saturated rings. The molecule has 1 saturated heterocycles. The second-order valence-corrected chi connectivity index (χ2v) is 9.06. The summed E-state index contributed by atoms with van der Waals surface area (Å²) in [7, 11) is 0. The number of ether oxygens (including phenoxy) is 1. The highest BCUT2D eigenvalue weighted by Gasteiger charge is 2.21. The molecule has 3 N–H and O–H groups in total. The number of fused-ring (bicyclic) bond motifs is 1. The third-order valence-corrected chi connectivity index (χ3v) is 6.10. The molecular formula is C22H35IN4O2S. The first-order valence-corrected chi connectivity index (χ1v) is 11.4. The van der Waals surface area contributed by atoms with Crippen molar-refractivity contribution in [1.82, 2.24) is 15.5 Å². The number of aliphatic hydroxyl groups excluding tert-OH is 1. The van der Waals surface area contributed by atoms with Crippen molar-refractivity contribution in [2.24, 2.45) is 10.9 Å². The van der Waals surface area contributed by atoms with E-state index in [-0.39, 0.29) is 30.1 Å². The highest BCUT2D eigenvalue weighted by Crippen LogP contribution is 2.29. The summed E-state index contributed by atoms with van der Waals surface area (Å²) >= 11 is 1.63. The van der Waals surface area contributed by atoms with Crippen LogP contribution >= 0.6 is 35.3 Å². The van der Waals surface area contributed by atoms with Gasteiger partial charge in [0.2, 0.25) is 0 Å². The molecule has 0 amide bonds. The second-order valence-electron chi connectivity index (χ2n) is 7.95. The SMILES string of the molecule is CCNC(=NCC(O)c1cc2ccccc2s1)NCC1CN(CC(C)C)CCO1.I. The minimum atomic E-state index is -0.602. The summed E-state index contributed by atoms with van der Waals surface area (Å²) in [5, 5.41) is 18.4. The average molecular weight is 547 g/mol. The van der Waals surface area contributed by atoms with E-state index in [2.05, 4.69) is 52.6 Å². The van der Waals surface area contributed by atoms with Crippen LogP contribution in [0.3, 0.4) is 0 Å². The summed E-state index contributed by atoms with van der Waals surface area (Å²) in [5.41, 5.74) is 0. The third kappa shape index (κ3) is 7.64. The van der Waals surface area contributed by atoms with Crippen LogP contribution in [0.15, 0.2) is 35.3 Å². The lowest BCUT2D eigenvalue weighted by atomic mass is 10.2. The van der Waals surface area contributed by atoms with Crippen LogP contribution in [-0.2, 0) is 4.74 Å². The van der Waals surface area contributed by atoms with Gasteiger partial charge in [-0.05, 0) is 30.4 Å². The van der Waals surface area contributed by atoms with Crippen molar-refractivity contribution >= 4 is 51.4 Å². The number of halogens is 1. The zero-order valence-corrected chi connectivity index (χ0v) is 21.3. The van der Waals surface area contributed by atoms with Gasteiger partial charge in [-0.2, -0.15) is 0 Å². The van der Waals surface area contributed by atoms with E-state index in [1.54, 1.807) is 11.3 Å². The van der Waals surface area contributed by atoms with Gasteiger partial charge < -0.3 is 20.5 Å². The number of guanidine groups is 1. The fourth-order valence-electron chi connectivity index (χ4n) is 3.57. The monoisotopic (exact) mass is 546 g/mol. The first-order valence-electron chi connectivity index (χ1n) is 10.6. The number of hydrogen-bond acceptors (Lipinski definition) is 5. The smallest absolute Gasteiger partial charge is 0.191 e. The first-order chi connectivity index (χ1) is 14.0. The predicted molar refractivity (Wildman–Crippen MR) is 137 cm³/mol. The molecule has 1 aromatic carbocycles. The number of rotatable bonds is 8. The largest absolute Gasteiger partial charge is 0.386 e. The van der Waals surface area contributed by atoms with Crippen molar-refractivity contribution in [3.8, 4) is 0 Å². The highest BCUT2D eigenvalue weighted by atomic mass is 127. The normalized spacial score (nSPS) is 19.0. The van der Waals surface area contributed by atoms with Gasteiger partial charge in [0.1, 0.15) is 6.10 Å². The van der Waals surface area contributed by atoms with E-state index in [9.17, 15) is 5.11 Å². The van der Waals surface area contributed by atoms with Gasteiger partial charge in [0.25, 0.3) is 0 Å². The van der Waals surface area contributed by atoms with Crippen molar-refractivity contribution < 1.29 is 9.84 Å². The molecule has 1 aliphatic heterocycles. The summed E-state index contributed by atoms with van der Waals surface area (Å²) in [6.07, 6.45) is -0.450. The standard InChI is InChI=1S/C22H34N4O2S.HI/c1-4-23-22(24-12-18-15-26(9-10-28-18)14-16(2)3)25-13-19(27)21-11-17-7-5-6-8-20(17)29-21;/h5-8,11,16,18-19,27H,4,9-10,12-15H2,1-3H3,(H2,23,24,25);1H. The summed E-state index contributed by atoms with van der Waals surface area (Å²) in [6.45, 7) is 12.2. The van der Waals surface area contributed by atoms with Gasteiger partial charge in [0.05, 0.1) is 19.3 Å². The Hall–Kier alpha value is -0.940. The number of morpholine rings is 1. The third-order valence-electron chi connectivity index (χ3n) is 4.88. The number of aliphatic imine (C=N–C) groups is 1. The van der Waals surface area contributed by atoms with Gasteiger partial charge in [-0.3, -0.25) is 9.89 Å². The molecular weight excluding hydrogens is 511 g/mol. The Labute approximate surface area is 201 Å². The first kappa shape index (κ1) is 25.3. The Morgan fingerprint density at radius 2 is 2.13 bits per heavy atom. The zero-order chi connectivity index (χ0) is 20.6. The topological polar surface area (TPSA) is 69.1 Å². The minimum Gasteiger partial charge on any atom is -0.386 e. The fraction of sp³-hybridized carbons (Fsp3) is 0.591. The van der Waals surface area contributed by atoms with E-state index >= 15 is 0 Å². The molecule has 168 valence electrons. The van der Waals surface area contributed by atoms with Crippen LogP contribution in [0.4, 0.5) is 0 Å². The molecule has 0 bridgehead atoms. The second kappa shape index (κ2) is 12.8. The molecule has 0 radical (unpaired) electrons. The summed E-state index contributed by atoms with van der Waals surface area (Å²) in [4.78, 5) is 8.01. The van der Waals surface area contributed by atoms with E-state index in [1.165, 1.54) is 10.1 Å². The molecule has 2 heterocycles. The number of nitrogens with zero attached hydrogens (tertiary/aromatic N) is 2. The maximum atomic E-state index is 10.6. The lowest BCUT2D eigenvalue weighted by molar-refractivity contribution is -0.0284. The zero-order valence-electron chi connectivity index (χ0n) is 18.1. The van der Waals surface area contributed by atoms with Gasteiger partial charge in [-0.15, -0.1) is 35.3 Å². The predicted octanol–water partition coefficient (Wildman–Crippen LogP) is 3.46. The van der Waals surface area contributed by atoms with E-state index < -0.39 is 6.10 Å². The van der Waals surface area contributed by atoms with Crippen molar-refractivity contribution in [2.45, 2.75) is 33.0 Å². The van der Waals surface area contributed by atoms with Crippen LogP contribution < -0.4 is 10.6 Å². The quantitative estimate of drug-likeness (QED) is 0.269. The van der Waals surface area contributed by atoms with Crippen molar-refractivity contribution in [3.05, 3.63) is 35.2 Å². The number of nitrogens with one attached hydrogen (secondary N) is 2. The molecule has 2 unspecified atom stereocenters. The summed E-state index contributed by atoms with van der Waals surface area (Å²) in [5.74, 6) is 1.38. The van der Waals surface area contributed by atoms with Gasteiger partial charge in [-0.25, -0.2) is 0 Å². The molecule has 3 rings (SSSR count). The number of benzene rings is 1. The van der Waals surface area contributed by atoms with E-state index in [1.807, 2.05) is 19.1 Å². The van der Waals surface area contributed by atoms with E-state index in [0.29, 0.717) is 19.0 Å². The van der Waals surface area contributed by atoms with Gasteiger partial charge in [0, 0.05) is 42.3 Å². The molecule has 8 heteroatoms. The van der Waals surface area contributed by atoms with Crippen molar-refractivity contribution in [3.63, 3.8) is 0 Å². The minimum absolute atomic E-state index is 0. The Morgan fingerprint density at radius 1 is 1.33 bits per heavy atom. The molecule has 30 heavy (non-hydrogen) atoms. The number of hydrogen-bond donors (Lipinski definition) is 3. The maximum Gasteiger partial charge on any atom is 0.191 e. The Bertz CT molecular complexity index is 765. The summed E-state index contributed by atoms with van der Waals surface area (Å²) < 4.78 is 7.10. The molecule has 0 saturated carbocycles. The van der Waals surface area contributed by atoms with Gasteiger partial charge in [-0.1, -0.05) is 32.0 Å². The number of thiophene rings is 1. The summed E-state index contributed by atoms with van der Waals surface area (Å²) in [6, 6.07) is 10.3. The molecule has 0 aliphatic carbocycles. The van der Waals surface area contributed by atoms with Crippen LogP contribution in [-0.4, -0.2) is 67.9 Å². The lowest BCUT2D eigenvalue weighted by Gasteiger charge is -2.34. The molecule has 1 aliphatic rings. The Balaban J connectivity index is 0.00000320. The van der Waals surface area contributed by atoms with Crippen molar-refractivity contribution in [2.75, 3.05) is 45.9 Å². The molecule has 1 aromatic heterocycles. The fourth-order valence-corrected chi connectivity index (χ4v) is 4.61. The highest BCUT2D eigenvalue weighted by molar-refractivity contribution is 14.0. The maximum absolute atomic E-state index is 10.6. The van der Waals surface area contributed by atoms with Crippen LogP contribution in [0.25, 0.3) is 10.1 Å². The van der Waals surface area contributed by atoms with Gasteiger partial charge >= 0.3 is 0 Å². The van der Waals surface area contributed by atoms with Crippen LogP contribution in [0, 0.1) is 5.92 Å². The van der Waals surface area contributed by atoms with Crippen molar-refractivity contribution in [1.29, 1.82) is 0 Å². The average Bonchev–Trinajstić information content (AvgIpc) is 3.14. The lowest BCUT2D eigenvalue weighted by Crippen LogP contribution is -2.50. The van der Waals surface area contributed by atoms with Crippen LogP contribution in [0.5, 0.6) is 0 Å². The molecule has 2 aromatic rings. The van der Waals surface area contributed by atoms with E-state index in [4.69, 9.17) is 4.74 Å². The molecule has 0 spiro atoms. The number of aliphatic hydroxyl groups is 1. The molecule has 6 nitrogen and oxygen atoms in total. The van der Waals surface area contributed by atoms with Gasteiger partial charge in [0.15, 0.2) is 5.96 Å².